The molecule has 6 rings (SSSR count). The number of nitrogens with one attached hydrogen (secondary N) is 1. The number of carbonyl (C=O) groups is 1. The third-order valence-corrected chi connectivity index (χ3v) is 7.03. The number of nitrogens with zero attached hydrogens (tertiary/aromatic N) is 1. The van der Waals surface area contributed by atoms with Gasteiger partial charge >= 0.3 is 0 Å². The van der Waals surface area contributed by atoms with Crippen molar-refractivity contribution in [3.8, 4) is 5.75 Å². The van der Waals surface area contributed by atoms with Crippen molar-refractivity contribution < 1.29 is 9.90 Å². The quantitative estimate of drug-likeness (QED) is 0.617. The van der Waals surface area contributed by atoms with Gasteiger partial charge in [0.25, 0.3) is 0 Å². The summed E-state index contributed by atoms with van der Waals surface area (Å²) < 4.78 is 0. The van der Waals surface area contributed by atoms with Crippen molar-refractivity contribution >= 4 is 22.9 Å². The van der Waals surface area contributed by atoms with Gasteiger partial charge in [0.1, 0.15) is 5.75 Å². The van der Waals surface area contributed by atoms with Crippen molar-refractivity contribution in [2.24, 2.45) is 28.3 Å². The zero-order chi connectivity index (χ0) is 18.4. The Morgan fingerprint density at radius 2 is 1.74 bits per heavy atom. The summed E-state index contributed by atoms with van der Waals surface area (Å²) in [6, 6.07) is 11.4. The Bertz CT molecular complexity index is 882. The van der Waals surface area contributed by atoms with Crippen LogP contribution in [0.1, 0.15) is 50.5 Å². The van der Waals surface area contributed by atoms with E-state index in [0.29, 0.717) is 12.0 Å². The number of hydrazone groups is 1. The number of rotatable bonds is 4. The van der Waals surface area contributed by atoms with Gasteiger partial charge in [0.05, 0.1) is 6.21 Å². The first-order valence-electron chi connectivity index (χ1n) is 10.1. The Kier molecular flexibility index (Phi) is 3.96. The zero-order valence-corrected chi connectivity index (χ0v) is 15.5. The van der Waals surface area contributed by atoms with Gasteiger partial charge in [-0.3, -0.25) is 4.79 Å². The van der Waals surface area contributed by atoms with Gasteiger partial charge in [0.2, 0.25) is 5.91 Å². The summed E-state index contributed by atoms with van der Waals surface area (Å²) >= 11 is 0. The van der Waals surface area contributed by atoms with Crippen molar-refractivity contribution in [2.45, 2.75) is 44.9 Å². The van der Waals surface area contributed by atoms with E-state index in [-0.39, 0.29) is 17.1 Å². The molecule has 0 aromatic heterocycles. The van der Waals surface area contributed by atoms with E-state index >= 15 is 0 Å². The minimum atomic E-state index is 0.00734. The van der Waals surface area contributed by atoms with Crippen molar-refractivity contribution in [1.82, 2.24) is 5.43 Å². The fourth-order valence-corrected chi connectivity index (χ4v) is 6.48. The molecule has 4 fully saturated rings. The maximum atomic E-state index is 12.6. The first-order chi connectivity index (χ1) is 13.1. The van der Waals surface area contributed by atoms with Gasteiger partial charge < -0.3 is 5.11 Å². The van der Waals surface area contributed by atoms with Crippen LogP contribution in [0.25, 0.3) is 10.8 Å². The molecule has 2 N–H and O–H groups in total. The number of hydrogen-bond donors (Lipinski definition) is 2. The summed E-state index contributed by atoms with van der Waals surface area (Å²) in [6.07, 6.45) is 9.99. The lowest BCUT2D eigenvalue weighted by atomic mass is 9.49. The molecule has 0 heterocycles. The smallest absolute Gasteiger partial charge is 0.240 e. The van der Waals surface area contributed by atoms with Crippen LogP contribution < -0.4 is 5.43 Å². The monoisotopic (exact) mass is 362 g/mol. The summed E-state index contributed by atoms with van der Waals surface area (Å²) in [5.74, 6) is 2.72. The van der Waals surface area contributed by atoms with Crippen molar-refractivity contribution in [1.29, 1.82) is 0 Å². The number of fused-ring (bicyclic) bond motifs is 1. The number of aromatic hydroxyl groups is 1. The van der Waals surface area contributed by atoms with E-state index in [1.165, 1.54) is 38.5 Å². The molecule has 27 heavy (non-hydrogen) atoms. The maximum Gasteiger partial charge on any atom is 0.240 e. The van der Waals surface area contributed by atoms with E-state index in [1.54, 1.807) is 12.3 Å². The highest BCUT2D eigenvalue weighted by Crippen LogP contribution is 2.61. The highest BCUT2D eigenvalue weighted by atomic mass is 16.3. The lowest BCUT2D eigenvalue weighted by Gasteiger charge is -2.56. The van der Waals surface area contributed by atoms with Crippen molar-refractivity contribution in [2.75, 3.05) is 0 Å². The van der Waals surface area contributed by atoms with E-state index in [0.717, 1.165) is 28.5 Å². The Labute approximate surface area is 159 Å². The molecule has 0 radical (unpaired) electrons. The van der Waals surface area contributed by atoms with Crippen LogP contribution in [-0.4, -0.2) is 17.2 Å². The van der Waals surface area contributed by atoms with Crippen molar-refractivity contribution in [3.63, 3.8) is 0 Å². The SMILES string of the molecule is O=C(CC12CC3CC(CC(C3)C1)C2)N/N=C/c1c(O)ccc2ccccc12. The topological polar surface area (TPSA) is 61.7 Å². The van der Waals surface area contributed by atoms with Crippen LogP contribution in [0.4, 0.5) is 0 Å². The zero-order valence-electron chi connectivity index (χ0n) is 15.5. The lowest BCUT2D eigenvalue weighted by Crippen LogP contribution is -2.47. The number of amides is 1. The van der Waals surface area contributed by atoms with Crippen molar-refractivity contribution in [3.05, 3.63) is 42.0 Å². The number of phenols is 1. The number of benzene rings is 2. The summed E-state index contributed by atoms with van der Waals surface area (Å²) in [4.78, 5) is 12.6. The van der Waals surface area contributed by atoms with Crippen LogP contribution in [-0.2, 0) is 4.79 Å². The van der Waals surface area contributed by atoms with Crippen LogP contribution in [0.5, 0.6) is 5.75 Å². The highest BCUT2D eigenvalue weighted by molar-refractivity contribution is 6.02. The molecule has 4 nitrogen and oxygen atoms in total. The third-order valence-electron chi connectivity index (χ3n) is 7.03. The van der Waals surface area contributed by atoms with Crippen LogP contribution in [0.2, 0.25) is 0 Å². The molecule has 1 amide bonds. The minimum absolute atomic E-state index is 0.00734. The molecule has 2 aromatic carbocycles. The van der Waals surface area contributed by atoms with E-state index in [2.05, 4.69) is 10.5 Å². The molecule has 0 spiro atoms. The van der Waals surface area contributed by atoms with E-state index in [4.69, 9.17) is 0 Å². The van der Waals surface area contributed by atoms with Gasteiger partial charge in [-0.15, -0.1) is 0 Å². The Balaban J connectivity index is 1.28. The molecule has 140 valence electrons. The average Bonchev–Trinajstić information content (AvgIpc) is 2.62. The normalized spacial score (nSPS) is 31.6. The number of phenolic OH excluding ortho intramolecular Hbond substituents is 1. The molecular weight excluding hydrogens is 336 g/mol. The fraction of sp³-hybridized carbons (Fsp3) is 0.478. The maximum absolute atomic E-state index is 12.6. The van der Waals surface area contributed by atoms with Gasteiger partial charge in [0.15, 0.2) is 0 Å². The standard InChI is InChI=1S/C23H26N2O2/c26-21-6-5-18-3-1-2-4-19(18)20(21)14-24-25-22(27)13-23-10-15-7-16(11-23)9-17(8-15)12-23/h1-6,14-17,26H,7-13H2,(H,25,27)/b24-14+. The van der Waals surface area contributed by atoms with E-state index < -0.39 is 0 Å². The van der Waals surface area contributed by atoms with Gasteiger partial charge in [0, 0.05) is 12.0 Å². The van der Waals surface area contributed by atoms with Crippen LogP contribution in [0.15, 0.2) is 41.5 Å². The minimum Gasteiger partial charge on any atom is -0.507 e. The number of carbonyl (C=O) groups excluding carboxylic acids is 1. The second kappa shape index (κ2) is 6.36. The molecule has 0 unspecified atom stereocenters. The van der Waals surface area contributed by atoms with Gasteiger partial charge in [-0.05, 0) is 78.5 Å². The second-order valence-electron chi connectivity index (χ2n) is 9.11. The molecule has 4 aliphatic rings. The van der Waals surface area contributed by atoms with Crippen LogP contribution in [0, 0.1) is 23.2 Å². The fourth-order valence-electron chi connectivity index (χ4n) is 6.48. The molecule has 4 aliphatic carbocycles. The Morgan fingerprint density at radius 3 is 2.44 bits per heavy atom. The molecule has 0 saturated heterocycles. The van der Waals surface area contributed by atoms with Gasteiger partial charge in [-0.2, -0.15) is 5.10 Å². The number of hydrogen-bond acceptors (Lipinski definition) is 3. The van der Waals surface area contributed by atoms with Gasteiger partial charge in [-0.1, -0.05) is 30.3 Å². The molecule has 4 saturated carbocycles. The largest absolute Gasteiger partial charge is 0.507 e. The third kappa shape index (κ3) is 3.11. The summed E-state index contributed by atoms with van der Waals surface area (Å²) in [7, 11) is 0. The van der Waals surface area contributed by atoms with Crippen LogP contribution in [0.3, 0.4) is 0 Å². The molecule has 4 heteroatoms. The predicted molar refractivity (Wildman–Crippen MR) is 107 cm³/mol. The molecule has 4 bridgehead atoms. The molecular formula is C23H26N2O2. The molecule has 0 aliphatic heterocycles. The van der Waals surface area contributed by atoms with E-state index in [9.17, 15) is 9.90 Å². The average molecular weight is 362 g/mol. The van der Waals surface area contributed by atoms with E-state index in [1.807, 2.05) is 30.3 Å². The first kappa shape index (κ1) is 16.8. The first-order valence-corrected chi connectivity index (χ1v) is 10.1. The van der Waals surface area contributed by atoms with Gasteiger partial charge in [-0.25, -0.2) is 5.43 Å². The highest BCUT2D eigenvalue weighted by Gasteiger charge is 2.51. The molecule has 0 atom stereocenters. The Morgan fingerprint density at radius 1 is 1.07 bits per heavy atom. The summed E-state index contributed by atoms with van der Waals surface area (Å²) in [5, 5.41) is 16.3. The lowest BCUT2D eigenvalue weighted by molar-refractivity contribution is -0.129. The molecule has 2 aromatic rings. The van der Waals surface area contributed by atoms with Crippen LogP contribution >= 0.6 is 0 Å². The predicted octanol–water partition coefficient (Wildman–Crippen LogP) is 4.60. The second-order valence-corrected chi connectivity index (χ2v) is 9.11. The summed E-state index contributed by atoms with van der Waals surface area (Å²) in [5.41, 5.74) is 3.58. The Hall–Kier alpha value is -2.36. The summed E-state index contributed by atoms with van der Waals surface area (Å²) in [6.45, 7) is 0.